The smallest absolute Gasteiger partial charge is 0.336 e. The molecule has 0 saturated heterocycles. The van der Waals surface area contributed by atoms with Crippen LogP contribution in [-0.2, 0) is 6.42 Å². The molecular weight excluding hydrogens is 344 g/mol. The highest BCUT2D eigenvalue weighted by Gasteiger charge is 2.14. The number of carbonyl (C=O) groups excluding carboxylic acids is 1. The van der Waals surface area contributed by atoms with Crippen LogP contribution in [0, 0.1) is 6.92 Å². The van der Waals surface area contributed by atoms with E-state index in [1.165, 1.54) is 6.07 Å². The van der Waals surface area contributed by atoms with Crippen molar-refractivity contribution < 1.29 is 18.7 Å². The van der Waals surface area contributed by atoms with Gasteiger partial charge in [-0.2, -0.15) is 0 Å². The second-order valence-corrected chi connectivity index (χ2v) is 6.42. The van der Waals surface area contributed by atoms with Crippen LogP contribution in [0.4, 0.5) is 0 Å². The Morgan fingerprint density at radius 2 is 1.96 bits per heavy atom. The maximum Gasteiger partial charge on any atom is 0.336 e. The second-order valence-electron chi connectivity index (χ2n) is 6.42. The lowest BCUT2D eigenvalue weighted by atomic mass is 10.0. The molecule has 0 unspecified atom stereocenters. The lowest BCUT2D eigenvalue weighted by Gasteiger charge is -2.13. The Bertz CT molecular complexity index is 1030. The van der Waals surface area contributed by atoms with Gasteiger partial charge in [0.1, 0.15) is 17.1 Å². The lowest BCUT2D eigenvalue weighted by Crippen LogP contribution is -2.12. The van der Waals surface area contributed by atoms with E-state index < -0.39 is 0 Å². The molecule has 5 heteroatoms. The number of ether oxygens (including phenoxy) is 2. The summed E-state index contributed by atoms with van der Waals surface area (Å²) < 4.78 is 16.4. The minimum Gasteiger partial charge on any atom is -0.497 e. The Balaban J connectivity index is 1.94. The Kier molecular flexibility index (Phi) is 5.60. The number of methoxy groups -OCH3 is 1. The summed E-state index contributed by atoms with van der Waals surface area (Å²) in [4.78, 5) is 24.4. The molecule has 0 aliphatic rings. The van der Waals surface area contributed by atoms with Crippen LogP contribution < -0.4 is 15.1 Å². The van der Waals surface area contributed by atoms with Crippen LogP contribution in [0.25, 0.3) is 11.0 Å². The number of carbonyl (C=O) groups is 1. The highest BCUT2D eigenvalue weighted by molar-refractivity contribution is 5.98. The molecule has 1 heterocycles. The van der Waals surface area contributed by atoms with Gasteiger partial charge in [-0.25, -0.2) is 4.79 Å². The number of fused-ring (bicyclic) bond motifs is 1. The maximum absolute atomic E-state index is 12.5. The van der Waals surface area contributed by atoms with Gasteiger partial charge in [-0.1, -0.05) is 25.5 Å². The molecule has 0 amide bonds. The minimum absolute atomic E-state index is 0.115. The monoisotopic (exact) mass is 366 g/mol. The van der Waals surface area contributed by atoms with E-state index in [4.69, 9.17) is 13.9 Å². The number of Topliss-reactive ketones (excluding diaryl/α,β-unsaturated/α-hetero) is 1. The number of hydrogen-bond donors (Lipinski definition) is 0. The van der Waals surface area contributed by atoms with Gasteiger partial charge in [0.05, 0.1) is 12.5 Å². The van der Waals surface area contributed by atoms with Crippen molar-refractivity contribution in [1.29, 1.82) is 0 Å². The summed E-state index contributed by atoms with van der Waals surface area (Å²) >= 11 is 0. The van der Waals surface area contributed by atoms with Gasteiger partial charge in [-0.05, 0) is 48.7 Å². The Labute approximate surface area is 157 Å². The molecule has 3 aromatic rings. The normalized spacial score (nSPS) is 10.8. The molecule has 0 radical (unpaired) electrons. The van der Waals surface area contributed by atoms with Gasteiger partial charge >= 0.3 is 5.63 Å². The zero-order valence-corrected chi connectivity index (χ0v) is 15.7. The van der Waals surface area contributed by atoms with Crippen LogP contribution in [0.3, 0.4) is 0 Å². The third-order valence-electron chi connectivity index (χ3n) is 4.30. The summed E-state index contributed by atoms with van der Waals surface area (Å²) in [7, 11) is 1.56. The summed E-state index contributed by atoms with van der Waals surface area (Å²) in [6.07, 6.45) is 1.61. The van der Waals surface area contributed by atoms with Gasteiger partial charge in [0.15, 0.2) is 12.4 Å². The Morgan fingerprint density at radius 1 is 1.15 bits per heavy atom. The topological polar surface area (TPSA) is 65.7 Å². The number of hydrogen-bond acceptors (Lipinski definition) is 5. The summed E-state index contributed by atoms with van der Waals surface area (Å²) in [5, 5.41) is 0.750. The SMILES string of the molecule is CCCc1cc(=O)oc2cc(C)cc(OCC(=O)c3cccc(OC)c3)c12. The molecule has 0 atom stereocenters. The van der Waals surface area contributed by atoms with Gasteiger partial charge in [0, 0.05) is 11.6 Å². The van der Waals surface area contributed by atoms with E-state index >= 15 is 0 Å². The average Bonchev–Trinajstić information content (AvgIpc) is 2.65. The van der Waals surface area contributed by atoms with Crippen LogP contribution in [0.5, 0.6) is 11.5 Å². The predicted molar refractivity (Wildman–Crippen MR) is 104 cm³/mol. The highest BCUT2D eigenvalue weighted by Crippen LogP contribution is 2.30. The summed E-state index contributed by atoms with van der Waals surface area (Å²) in [5.41, 5.74) is 2.38. The van der Waals surface area contributed by atoms with E-state index in [-0.39, 0.29) is 18.0 Å². The third kappa shape index (κ3) is 4.19. The number of benzene rings is 2. The quantitative estimate of drug-likeness (QED) is 0.460. The molecule has 0 N–H and O–H groups in total. The van der Waals surface area contributed by atoms with E-state index in [9.17, 15) is 9.59 Å². The van der Waals surface area contributed by atoms with E-state index in [0.29, 0.717) is 22.6 Å². The van der Waals surface area contributed by atoms with Gasteiger partial charge < -0.3 is 13.9 Å². The van der Waals surface area contributed by atoms with E-state index in [1.807, 2.05) is 26.0 Å². The molecule has 3 rings (SSSR count). The van der Waals surface area contributed by atoms with Crippen molar-refractivity contribution in [3.8, 4) is 11.5 Å². The fourth-order valence-electron chi connectivity index (χ4n) is 3.07. The zero-order valence-electron chi connectivity index (χ0n) is 15.7. The number of aryl methyl sites for hydroxylation is 2. The second kappa shape index (κ2) is 8.08. The van der Waals surface area contributed by atoms with Crippen molar-refractivity contribution in [2.75, 3.05) is 13.7 Å². The molecule has 2 aromatic carbocycles. The molecule has 0 bridgehead atoms. The fourth-order valence-corrected chi connectivity index (χ4v) is 3.07. The molecule has 5 nitrogen and oxygen atoms in total. The highest BCUT2D eigenvalue weighted by atomic mass is 16.5. The first-order valence-electron chi connectivity index (χ1n) is 8.89. The van der Waals surface area contributed by atoms with Crippen LogP contribution in [0.2, 0.25) is 0 Å². The molecule has 0 aliphatic heterocycles. The van der Waals surface area contributed by atoms with Crippen LogP contribution in [0.15, 0.2) is 51.7 Å². The van der Waals surface area contributed by atoms with Gasteiger partial charge in [0.25, 0.3) is 0 Å². The van der Waals surface area contributed by atoms with Gasteiger partial charge in [-0.15, -0.1) is 0 Å². The number of rotatable bonds is 7. The van der Waals surface area contributed by atoms with Crippen molar-refractivity contribution in [2.24, 2.45) is 0 Å². The average molecular weight is 366 g/mol. The molecule has 0 saturated carbocycles. The largest absolute Gasteiger partial charge is 0.497 e. The van der Waals surface area contributed by atoms with Crippen LogP contribution in [0.1, 0.15) is 34.8 Å². The molecule has 0 fully saturated rings. The van der Waals surface area contributed by atoms with Gasteiger partial charge in [-0.3, -0.25) is 4.79 Å². The molecule has 0 spiro atoms. The Hall–Kier alpha value is -3.08. The first kappa shape index (κ1) is 18.7. The molecular formula is C22H22O5. The molecule has 140 valence electrons. The third-order valence-corrected chi connectivity index (χ3v) is 4.30. The lowest BCUT2D eigenvalue weighted by molar-refractivity contribution is 0.0922. The predicted octanol–water partition coefficient (Wildman–Crippen LogP) is 4.32. The van der Waals surface area contributed by atoms with E-state index in [2.05, 4.69) is 0 Å². The van der Waals surface area contributed by atoms with Crippen molar-refractivity contribution in [2.45, 2.75) is 26.7 Å². The fraction of sp³-hybridized carbons (Fsp3) is 0.273. The van der Waals surface area contributed by atoms with E-state index in [0.717, 1.165) is 29.4 Å². The van der Waals surface area contributed by atoms with Crippen molar-refractivity contribution >= 4 is 16.8 Å². The summed E-state index contributed by atoms with van der Waals surface area (Å²) in [6, 6.07) is 12.1. The maximum atomic E-state index is 12.5. The first-order valence-corrected chi connectivity index (χ1v) is 8.89. The Morgan fingerprint density at radius 3 is 2.70 bits per heavy atom. The number of ketones is 1. The standard InChI is InChI=1S/C22H22O5/c1-4-6-16-12-21(24)27-20-10-14(2)9-19(22(16)20)26-13-18(23)15-7-5-8-17(11-15)25-3/h5,7-12H,4,6,13H2,1-3H3. The van der Waals surface area contributed by atoms with Crippen molar-refractivity contribution in [3.63, 3.8) is 0 Å². The summed E-state index contributed by atoms with van der Waals surface area (Å²) in [5.74, 6) is 1.01. The summed E-state index contributed by atoms with van der Waals surface area (Å²) in [6.45, 7) is 3.82. The van der Waals surface area contributed by atoms with Crippen molar-refractivity contribution in [3.05, 3.63) is 69.6 Å². The van der Waals surface area contributed by atoms with E-state index in [1.54, 1.807) is 31.4 Å². The van der Waals surface area contributed by atoms with Crippen molar-refractivity contribution in [1.82, 2.24) is 0 Å². The van der Waals surface area contributed by atoms with Crippen LogP contribution in [-0.4, -0.2) is 19.5 Å². The molecule has 27 heavy (non-hydrogen) atoms. The van der Waals surface area contributed by atoms with Crippen LogP contribution >= 0.6 is 0 Å². The zero-order chi connectivity index (χ0) is 19.4. The van der Waals surface area contributed by atoms with Gasteiger partial charge in [0.2, 0.25) is 0 Å². The minimum atomic E-state index is -0.380. The molecule has 1 aromatic heterocycles. The molecule has 0 aliphatic carbocycles. The first-order chi connectivity index (χ1) is 13.0.